The first-order valence-corrected chi connectivity index (χ1v) is 14.7. The summed E-state index contributed by atoms with van der Waals surface area (Å²) in [5.41, 5.74) is 5.17. The SMILES string of the molecule is CCCCCCCC/C=C/CCCCCCCCCC(=O)OC[C@@H](O)COP(=O)(O)OCCN. The maximum absolute atomic E-state index is 11.7. The number of unbranched alkanes of at least 4 members (excludes halogenated alkanes) is 13. The first-order chi connectivity index (χ1) is 16.4. The molecule has 0 aromatic heterocycles. The van der Waals surface area contributed by atoms with Crippen LogP contribution in [0.5, 0.6) is 0 Å². The molecule has 0 aliphatic carbocycles. The molecular weight excluding hydrogens is 457 g/mol. The molecule has 0 aliphatic rings. The number of nitrogens with two attached hydrogens (primary N) is 1. The Kier molecular flexibility index (Phi) is 23.4. The molecule has 0 aromatic rings. The van der Waals surface area contributed by atoms with Crippen molar-refractivity contribution in [3.05, 3.63) is 12.2 Å². The Morgan fingerprint density at radius 3 is 1.94 bits per heavy atom. The van der Waals surface area contributed by atoms with Crippen LogP contribution in [-0.4, -0.2) is 48.4 Å². The Bertz CT molecular complexity index is 545. The Morgan fingerprint density at radius 2 is 1.38 bits per heavy atom. The van der Waals surface area contributed by atoms with Gasteiger partial charge in [-0.05, 0) is 32.1 Å². The topological polar surface area (TPSA) is 128 Å². The van der Waals surface area contributed by atoms with E-state index in [0.29, 0.717) is 6.42 Å². The molecule has 9 heteroatoms. The van der Waals surface area contributed by atoms with Crippen molar-refractivity contribution >= 4 is 13.8 Å². The van der Waals surface area contributed by atoms with Gasteiger partial charge in [0, 0.05) is 13.0 Å². The van der Waals surface area contributed by atoms with Crippen LogP contribution >= 0.6 is 7.82 Å². The van der Waals surface area contributed by atoms with Crippen molar-refractivity contribution in [3.63, 3.8) is 0 Å². The van der Waals surface area contributed by atoms with Crippen LogP contribution in [0.1, 0.15) is 110 Å². The summed E-state index contributed by atoms with van der Waals surface area (Å²) in [6.45, 7) is 1.44. The summed E-state index contributed by atoms with van der Waals surface area (Å²) in [6.07, 6.45) is 22.0. The van der Waals surface area contributed by atoms with Crippen LogP contribution in [0.4, 0.5) is 0 Å². The lowest BCUT2D eigenvalue weighted by Crippen LogP contribution is -2.23. The average molecular weight is 508 g/mol. The van der Waals surface area contributed by atoms with Gasteiger partial charge in [-0.15, -0.1) is 0 Å². The van der Waals surface area contributed by atoms with Crippen LogP contribution in [0, 0.1) is 0 Å². The van der Waals surface area contributed by atoms with E-state index < -0.39 is 26.5 Å². The number of esters is 1. The smallest absolute Gasteiger partial charge is 0.463 e. The Labute approximate surface area is 207 Å². The number of ether oxygens (including phenoxy) is 1. The van der Waals surface area contributed by atoms with E-state index >= 15 is 0 Å². The second kappa shape index (κ2) is 24.0. The van der Waals surface area contributed by atoms with Gasteiger partial charge in [-0.2, -0.15) is 0 Å². The molecule has 0 saturated heterocycles. The summed E-state index contributed by atoms with van der Waals surface area (Å²) in [5, 5.41) is 9.69. The molecule has 34 heavy (non-hydrogen) atoms. The van der Waals surface area contributed by atoms with Gasteiger partial charge in [0.2, 0.25) is 0 Å². The largest absolute Gasteiger partial charge is 0.472 e. The van der Waals surface area contributed by atoms with Crippen molar-refractivity contribution < 1.29 is 33.1 Å². The van der Waals surface area contributed by atoms with Crippen molar-refractivity contribution in [3.8, 4) is 0 Å². The van der Waals surface area contributed by atoms with Gasteiger partial charge in [0.1, 0.15) is 12.7 Å². The van der Waals surface area contributed by atoms with Crippen LogP contribution in [0.15, 0.2) is 12.2 Å². The third-order valence-electron chi connectivity index (χ3n) is 5.38. The lowest BCUT2D eigenvalue weighted by molar-refractivity contribution is -0.147. The normalized spacial score (nSPS) is 14.4. The van der Waals surface area contributed by atoms with Gasteiger partial charge in [-0.25, -0.2) is 4.57 Å². The minimum absolute atomic E-state index is 0.0745. The standard InChI is InChI=1S/C25H50NO7P/c1-2-3-4-5-6-7-8-9-10-11-12-13-14-15-16-17-18-19-25(28)31-22-24(27)23-33-34(29,30)32-21-20-26/h9-10,24,27H,2-8,11-23,26H2,1H3,(H,29,30)/b10-9+/t24-/m1/s1. The fraction of sp³-hybridized carbons (Fsp3) is 0.880. The van der Waals surface area contributed by atoms with Gasteiger partial charge < -0.3 is 20.5 Å². The zero-order valence-electron chi connectivity index (χ0n) is 21.3. The molecule has 0 heterocycles. The number of rotatable bonds is 25. The summed E-state index contributed by atoms with van der Waals surface area (Å²) < 4.78 is 25.6. The first-order valence-electron chi connectivity index (χ1n) is 13.2. The highest BCUT2D eigenvalue weighted by Gasteiger charge is 2.22. The molecule has 2 atom stereocenters. The lowest BCUT2D eigenvalue weighted by Gasteiger charge is -2.15. The summed E-state index contributed by atoms with van der Waals surface area (Å²) in [7, 11) is -4.24. The van der Waals surface area contributed by atoms with Crippen molar-refractivity contribution in [2.45, 2.75) is 116 Å². The molecule has 0 radical (unpaired) electrons. The molecular formula is C25H50NO7P. The number of carbonyl (C=O) groups is 1. The molecule has 0 rings (SSSR count). The molecule has 1 unspecified atom stereocenters. The molecule has 0 aromatic carbocycles. The highest BCUT2D eigenvalue weighted by molar-refractivity contribution is 7.47. The van der Waals surface area contributed by atoms with E-state index in [1.54, 1.807) is 0 Å². The zero-order chi connectivity index (χ0) is 25.3. The minimum Gasteiger partial charge on any atom is -0.463 e. The van der Waals surface area contributed by atoms with Gasteiger partial charge in [0.25, 0.3) is 0 Å². The third-order valence-corrected chi connectivity index (χ3v) is 6.37. The van der Waals surface area contributed by atoms with Crippen LogP contribution in [0.25, 0.3) is 0 Å². The average Bonchev–Trinajstić information content (AvgIpc) is 2.82. The van der Waals surface area contributed by atoms with E-state index in [1.807, 2.05) is 0 Å². The van der Waals surface area contributed by atoms with Crippen LogP contribution in [-0.2, 0) is 23.1 Å². The van der Waals surface area contributed by atoms with Crippen molar-refractivity contribution in [2.75, 3.05) is 26.4 Å². The van der Waals surface area contributed by atoms with Crippen molar-refractivity contribution in [1.29, 1.82) is 0 Å². The Balaban J connectivity index is 3.44. The van der Waals surface area contributed by atoms with E-state index in [-0.39, 0.29) is 19.8 Å². The number of carbonyl (C=O) groups excluding carboxylic acids is 1. The predicted molar refractivity (Wildman–Crippen MR) is 136 cm³/mol. The van der Waals surface area contributed by atoms with Crippen molar-refractivity contribution in [2.24, 2.45) is 5.73 Å². The number of aliphatic hydroxyl groups is 1. The molecule has 0 aliphatic heterocycles. The molecule has 0 spiro atoms. The number of phosphoric acid groups is 1. The lowest BCUT2D eigenvalue weighted by atomic mass is 10.1. The van der Waals surface area contributed by atoms with Crippen LogP contribution < -0.4 is 5.73 Å². The van der Waals surface area contributed by atoms with Gasteiger partial charge in [0.15, 0.2) is 0 Å². The third kappa shape index (κ3) is 24.4. The zero-order valence-corrected chi connectivity index (χ0v) is 22.2. The number of aliphatic hydroxyl groups excluding tert-OH is 1. The summed E-state index contributed by atoms with van der Waals surface area (Å²) in [4.78, 5) is 21.0. The highest BCUT2D eigenvalue weighted by atomic mass is 31.2. The van der Waals surface area contributed by atoms with Crippen LogP contribution in [0.2, 0.25) is 0 Å². The number of hydrogen-bond acceptors (Lipinski definition) is 7. The molecule has 0 bridgehead atoms. The van der Waals surface area contributed by atoms with Gasteiger partial charge >= 0.3 is 13.8 Å². The van der Waals surface area contributed by atoms with E-state index in [2.05, 4.69) is 28.1 Å². The summed E-state index contributed by atoms with van der Waals surface area (Å²) in [5.74, 6) is -0.390. The van der Waals surface area contributed by atoms with Crippen molar-refractivity contribution in [1.82, 2.24) is 0 Å². The van der Waals surface area contributed by atoms with Gasteiger partial charge in [0.05, 0.1) is 13.2 Å². The van der Waals surface area contributed by atoms with E-state index in [1.165, 1.54) is 77.0 Å². The monoisotopic (exact) mass is 507 g/mol. The fourth-order valence-electron chi connectivity index (χ4n) is 3.39. The highest BCUT2D eigenvalue weighted by Crippen LogP contribution is 2.42. The molecule has 4 N–H and O–H groups in total. The molecule has 202 valence electrons. The quantitative estimate of drug-likeness (QED) is 0.0612. The second-order valence-corrected chi connectivity index (χ2v) is 10.2. The van der Waals surface area contributed by atoms with Crippen LogP contribution in [0.3, 0.4) is 0 Å². The first kappa shape index (κ1) is 33.2. The summed E-state index contributed by atoms with van der Waals surface area (Å²) in [6, 6.07) is 0. The molecule has 0 saturated carbocycles. The van der Waals surface area contributed by atoms with Gasteiger partial charge in [-0.1, -0.05) is 83.3 Å². The number of hydrogen-bond donors (Lipinski definition) is 3. The Morgan fingerprint density at radius 1 is 0.853 bits per heavy atom. The molecule has 8 nitrogen and oxygen atoms in total. The van der Waals surface area contributed by atoms with E-state index in [4.69, 9.17) is 10.5 Å². The number of phosphoric ester groups is 1. The maximum Gasteiger partial charge on any atom is 0.472 e. The van der Waals surface area contributed by atoms with E-state index in [0.717, 1.165) is 19.3 Å². The fourth-order valence-corrected chi connectivity index (χ4v) is 4.16. The predicted octanol–water partition coefficient (Wildman–Crippen LogP) is 5.80. The van der Waals surface area contributed by atoms with Gasteiger partial charge in [-0.3, -0.25) is 13.8 Å². The summed E-state index contributed by atoms with van der Waals surface area (Å²) >= 11 is 0. The second-order valence-electron chi connectivity index (χ2n) is 8.76. The molecule has 0 amide bonds. The maximum atomic E-state index is 11.7. The minimum atomic E-state index is -4.24. The number of allylic oxidation sites excluding steroid dienone is 2. The molecule has 0 fully saturated rings. The Hall–Kier alpha value is -0.760. The van der Waals surface area contributed by atoms with E-state index in [9.17, 15) is 19.4 Å².